The third-order valence-electron chi connectivity index (χ3n) is 2.67. The summed E-state index contributed by atoms with van der Waals surface area (Å²) in [6.45, 7) is 35.5. The van der Waals surface area contributed by atoms with Crippen molar-refractivity contribution in [3.05, 3.63) is 0 Å². The van der Waals surface area contributed by atoms with Gasteiger partial charge in [-0.3, -0.25) is 0 Å². The molecular weight excluding hydrogens is 733 g/mol. The molecule has 0 aromatic heterocycles. The second kappa shape index (κ2) is 33.1. The van der Waals surface area contributed by atoms with Crippen molar-refractivity contribution in [1.29, 1.82) is 0 Å². The maximum absolute atomic E-state index is 5.49. The van der Waals surface area contributed by atoms with Crippen molar-refractivity contribution in [2.24, 2.45) is 0 Å². The number of rotatable bonds is 18. The van der Waals surface area contributed by atoms with Gasteiger partial charge in [0.1, 0.15) is 0 Å². The molecule has 0 radical (unpaired) electrons. The van der Waals surface area contributed by atoms with E-state index in [2.05, 4.69) is 0 Å². The summed E-state index contributed by atoms with van der Waals surface area (Å²) in [6.07, 6.45) is 1.28. The van der Waals surface area contributed by atoms with Crippen LogP contribution >= 0.6 is 45.2 Å². The van der Waals surface area contributed by atoms with E-state index >= 15 is 0 Å². The predicted octanol–water partition coefficient (Wildman–Crippen LogP) is 11.8. The van der Waals surface area contributed by atoms with Crippen molar-refractivity contribution in [3.63, 3.8) is 0 Å². The predicted molar refractivity (Wildman–Crippen MR) is 178 cm³/mol. The molecule has 9 nitrogen and oxygen atoms in total. The van der Waals surface area contributed by atoms with E-state index in [0.717, 1.165) is 0 Å². The first-order chi connectivity index (χ1) is 19.2. The van der Waals surface area contributed by atoms with Crippen LogP contribution in [0.5, 0.6) is 0 Å². The Kier molecular flexibility index (Phi) is 40.1. The zero-order valence-electron chi connectivity index (χ0n) is 29.3. The Morgan fingerprint density at radius 1 is 0.286 bits per heavy atom. The molecule has 0 heterocycles. The standard InChI is InChI=1S/3C9H21O3P.2ClH.Ru/c3*1-7(2)10-13(11-8(3)4)12-9(5)6;;;/h3*7-9H,1-6H3;2*1H;/q;;;;;+2/p-2. The van der Waals surface area contributed by atoms with Gasteiger partial charge in [-0.05, 0) is 125 Å². The van der Waals surface area contributed by atoms with Gasteiger partial charge in [-0.15, -0.1) is 0 Å². The summed E-state index contributed by atoms with van der Waals surface area (Å²) >= 11 is -0.346. The summed E-state index contributed by atoms with van der Waals surface area (Å²) in [5.41, 5.74) is 0. The second-order valence-electron chi connectivity index (χ2n) is 11.1. The molecule has 0 saturated heterocycles. The molecule has 0 N–H and O–H groups in total. The third kappa shape index (κ3) is 49.0. The van der Waals surface area contributed by atoms with Crippen LogP contribution in [-0.2, 0) is 55.9 Å². The van der Waals surface area contributed by atoms with Crippen LogP contribution < -0.4 is 0 Å². The Morgan fingerprint density at radius 3 is 0.405 bits per heavy atom. The Balaban J connectivity index is -0.000000246. The molecule has 262 valence electrons. The van der Waals surface area contributed by atoms with Gasteiger partial charge >= 0.3 is 60.3 Å². The number of hydrogen-bond donors (Lipinski definition) is 0. The minimum absolute atomic E-state index is 0.142. The summed E-state index contributed by atoms with van der Waals surface area (Å²) in [6, 6.07) is 0. The molecule has 0 aromatic rings. The molecule has 0 unspecified atom stereocenters. The molecular formula is C27H63Cl2O9P3Ru. The molecule has 0 aliphatic carbocycles. The van der Waals surface area contributed by atoms with Gasteiger partial charge in [-0.25, -0.2) is 0 Å². The van der Waals surface area contributed by atoms with Crippen LogP contribution in [0.4, 0.5) is 0 Å². The molecule has 0 rings (SSSR count). The second-order valence-corrected chi connectivity index (χ2v) is 17.0. The van der Waals surface area contributed by atoms with E-state index in [-0.39, 0.29) is 70.1 Å². The van der Waals surface area contributed by atoms with Gasteiger partial charge in [-0.1, -0.05) is 0 Å². The first-order valence-corrected chi connectivity index (χ1v) is 22.2. The molecule has 0 saturated carbocycles. The number of halogens is 2. The topological polar surface area (TPSA) is 83.1 Å². The van der Waals surface area contributed by atoms with E-state index in [0.29, 0.717) is 0 Å². The fraction of sp³-hybridized carbons (Fsp3) is 1.00. The Bertz CT molecular complexity index is 410. The van der Waals surface area contributed by atoms with Gasteiger partial charge in [0, 0.05) is 0 Å². The minimum atomic E-state index is -1.18. The van der Waals surface area contributed by atoms with Crippen LogP contribution in [0.1, 0.15) is 125 Å². The fourth-order valence-electron chi connectivity index (χ4n) is 1.77. The van der Waals surface area contributed by atoms with Crippen LogP contribution in [-0.4, -0.2) is 54.9 Å². The molecule has 0 bridgehead atoms. The van der Waals surface area contributed by atoms with Crippen LogP contribution in [0, 0.1) is 0 Å². The summed E-state index contributed by atoms with van der Waals surface area (Å²) in [5, 5.41) is 0. The van der Waals surface area contributed by atoms with Crippen molar-refractivity contribution in [3.8, 4) is 0 Å². The van der Waals surface area contributed by atoms with Gasteiger partial charge in [0.05, 0.1) is 54.9 Å². The van der Waals surface area contributed by atoms with Crippen molar-refractivity contribution in [1.82, 2.24) is 0 Å². The fourth-order valence-corrected chi connectivity index (χ4v) is 5.32. The average Bonchev–Trinajstić information content (AvgIpc) is 2.70. The molecule has 0 atom stereocenters. The number of hydrogen-bond acceptors (Lipinski definition) is 9. The van der Waals surface area contributed by atoms with E-state index in [1.165, 1.54) is 0 Å². The maximum atomic E-state index is 5.49. The van der Waals surface area contributed by atoms with E-state index in [1.807, 2.05) is 125 Å². The summed E-state index contributed by atoms with van der Waals surface area (Å²) in [7, 11) is 6.17. The Hall–Kier alpha value is 2.13. The molecule has 0 spiro atoms. The van der Waals surface area contributed by atoms with Crippen LogP contribution in [0.3, 0.4) is 0 Å². The summed E-state index contributed by atoms with van der Waals surface area (Å²) in [4.78, 5) is 0. The molecule has 0 aliphatic rings. The van der Waals surface area contributed by atoms with Crippen LogP contribution in [0.2, 0.25) is 0 Å². The van der Waals surface area contributed by atoms with Crippen molar-refractivity contribution in [2.75, 3.05) is 0 Å². The van der Waals surface area contributed by atoms with Gasteiger partial charge in [-0.2, -0.15) is 0 Å². The quantitative estimate of drug-likeness (QED) is 0.0994. The van der Waals surface area contributed by atoms with E-state index in [9.17, 15) is 0 Å². The first kappa shape index (κ1) is 51.0. The van der Waals surface area contributed by atoms with E-state index in [4.69, 9.17) is 60.1 Å². The Labute approximate surface area is 279 Å². The van der Waals surface area contributed by atoms with E-state index in [1.54, 1.807) is 0 Å². The van der Waals surface area contributed by atoms with Crippen molar-refractivity contribution in [2.45, 2.75) is 180 Å². The van der Waals surface area contributed by atoms with Gasteiger partial charge in [0.15, 0.2) is 0 Å². The van der Waals surface area contributed by atoms with E-state index < -0.39 is 25.8 Å². The van der Waals surface area contributed by atoms with Crippen LogP contribution in [0.15, 0.2) is 0 Å². The monoisotopic (exact) mass is 796 g/mol. The molecule has 0 amide bonds. The Morgan fingerprint density at radius 2 is 0.357 bits per heavy atom. The molecule has 15 heteroatoms. The van der Waals surface area contributed by atoms with Gasteiger partial charge in [0.2, 0.25) is 0 Å². The average molecular weight is 797 g/mol. The normalized spacial score (nSPS) is 12.1. The zero-order valence-corrected chi connectivity index (χ0v) is 35.3. The third-order valence-corrected chi connectivity index (χ3v) is 8.02. The van der Waals surface area contributed by atoms with Crippen LogP contribution in [0.25, 0.3) is 0 Å². The molecule has 0 fully saturated rings. The summed E-state index contributed by atoms with van der Waals surface area (Å²) in [5.74, 6) is 0. The van der Waals surface area contributed by atoms with Gasteiger partial charge < -0.3 is 40.7 Å². The zero-order chi connectivity index (χ0) is 34.0. The molecule has 0 aliphatic heterocycles. The SMILES string of the molecule is CC(C)OP(OC(C)C)OC(C)C.CC(C)OP(OC(C)C)OC(C)C.CC(C)OP(OC(C)C)OC(C)C.[Cl][Ru][Cl]. The van der Waals surface area contributed by atoms with Gasteiger partial charge in [0.25, 0.3) is 0 Å². The van der Waals surface area contributed by atoms with Crippen molar-refractivity contribution >= 4 is 45.2 Å². The molecule has 0 aromatic carbocycles. The first-order valence-electron chi connectivity index (χ1n) is 14.4. The van der Waals surface area contributed by atoms with Crippen molar-refractivity contribution < 1.29 is 55.9 Å². The summed E-state index contributed by atoms with van der Waals surface area (Å²) < 4.78 is 49.4. The molecule has 42 heavy (non-hydrogen) atoms.